The number of benzene rings is 2. The molecule has 0 spiro atoms. The summed E-state index contributed by atoms with van der Waals surface area (Å²) < 4.78 is 39.4. The average molecular weight is 328 g/mol. The molecule has 2 aromatic carbocycles. The van der Waals surface area contributed by atoms with Crippen LogP contribution in [0.4, 0.5) is 13.2 Å². The van der Waals surface area contributed by atoms with E-state index >= 15 is 0 Å². The van der Waals surface area contributed by atoms with Crippen LogP contribution in [0.2, 0.25) is 0 Å². The van der Waals surface area contributed by atoms with Gasteiger partial charge in [-0.05, 0) is 16.9 Å². The van der Waals surface area contributed by atoms with Gasteiger partial charge in [0.1, 0.15) is 6.54 Å². The number of imidazole rings is 1. The molecule has 3 rings (SSSR count). The molecule has 0 atom stereocenters. The number of halogens is 3. The van der Waals surface area contributed by atoms with E-state index in [9.17, 15) is 13.2 Å². The second kappa shape index (κ2) is 6.95. The Labute approximate surface area is 139 Å². The smallest absolute Gasteiger partial charge is 0.334 e. The van der Waals surface area contributed by atoms with Crippen molar-refractivity contribution in [1.29, 1.82) is 0 Å². The average Bonchev–Trinajstić information content (AvgIpc) is 2.99. The Bertz CT molecular complexity index is 730. The third-order valence-electron chi connectivity index (χ3n) is 3.94. The molecule has 0 saturated heterocycles. The lowest BCUT2D eigenvalue weighted by Crippen LogP contribution is -2.34. The maximum atomic E-state index is 12.7. The minimum absolute atomic E-state index is 0.0400. The first kappa shape index (κ1) is 16.4. The van der Waals surface area contributed by atoms with E-state index in [0.717, 1.165) is 11.1 Å². The van der Waals surface area contributed by atoms with Crippen molar-refractivity contribution >= 4 is 13.0 Å². The predicted octanol–water partition coefficient (Wildman–Crippen LogP) is 3.30. The molecule has 0 aliphatic heterocycles. The summed E-state index contributed by atoms with van der Waals surface area (Å²) in [6.45, 7) is -1.02. The van der Waals surface area contributed by atoms with E-state index in [1.807, 2.05) is 60.7 Å². The molecule has 0 radical (unpaired) electrons. The van der Waals surface area contributed by atoms with Gasteiger partial charge in [-0.25, -0.2) is 0 Å². The minimum Gasteiger partial charge on any atom is -0.334 e. The molecule has 0 aliphatic rings. The number of aromatic nitrogens is 2. The quantitative estimate of drug-likeness (QED) is 0.657. The van der Waals surface area contributed by atoms with Gasteiger partial charge in [-0.2, -0.15) is 13.2 Å². The van der Waals surface area contributed by atoms with Gasteiger partial charge in [0, 0.05) is 12.4 Å². The maximum Gasteiger partial charge on any atom is 0.406 e. The summed E-state index contributed by atoms with van der Waals surface area (Å²) in [5.41, 5.74) is 2.56. The molecule has 0 saturated carbocycles. The minimum atomic E-state index is -4.26. The van der Waals surface area contributed by atoms with Crippen LogP contribution in [0.15, 0.2) is 73.1 Å². The zero-order chi connectivity index (χ0) is 17.0. The van der Waals surface area contributed by atoms with Crippen molar-refractivity contribution in [2.24, 2.45) is 0 Å². The summed E-state index contributed by atoms with van der Waals surface area (Å²) in [5, 5.41) is 0. The number of alkyl halides is 3. The van der Waals surface area contributed by atoms with Crippen LogP contribution in [0.5, 0.6) is 0 Å². The summed E-state index contributed by atoms with van der Waals surface area (Å²) in [6, 6.07) is 19.6. The van der Waals surface area contributed by atoms with Crippen LogP contribution in [-0.2, 0) is 6.54 Å². The van der Waals surface area contributed by atoms with Gasteiger partial charge in [0.25, 0.3) is 0 Å². The summed E-state index contributed by atoms with van der Waals surface area (Å²) >= 11 is 0. The molecule has 0 bridgehead atoms. The molecule has 1 heterocycles. The highest BCUT2D eigenvalue weighted by atomic mass is 19.4. The normalized spacial score (nSPS) is 11.7. The van der Waals surface area contributed by atoms with Crippen molar-refractivity contribution < 1.29 is 13.2 Å². The molecule has 2 nitrogen and oxygen atoms in total. The van der Waals surface area contributed by atoms with Gasteiger partial charge < -0.3 is 4.57 Å². The van der Waals surface area contributed by atoms with Gasteiger partial charge in [0.2, 0.25) is 7.28 Å². The summed E-state index contributed by atoms with van der Waals surface area (Å²) in [6.07, 6.45) is -1.45. The third-order valence-corrected chi connectivity index (χ3v) is 3.94. The Morgan fingerprint density at radius 1 is 0.917 bits per heavy atom. The first-order valence-electron chi connectivity index (χ1n) is 7.69. The van der Waals surface area contributed by atoms with Gasteiger partial charge in [-0.15, -0.1) is 0 Å². The van der Waals surface area contributed by atoms with Gasteiger partial charge in [-0.3, -0.25) is 4.98 Å². The fourth-order valence-electron chi connectivity index (χ4n) is 2.85. The number of rotatable bonds is 5. The second-order valence-electron chi connectivity index (χ2n) is 5.66. The Balaban J connectivity index is 1.93. The Morgan fingerprint density at radius 2 is 1.46 bits per heavy atom. The number of nitrogens with zero attached hydrogens (tertiary/aromatic N) is 2. The van der Waals surface area contributed by atoms with Crippen LogP contribution in [-0.4, -0.2) is 23.0 Å². The monoisotopic (exact) mass is 328 g/mol. The zero-order valence-electron chi connectivity index (χ0n) is 12.9. The van der Waals surface area contributed by atoms with Gasteiger partial charge >= 0.3 is 6.18 Å². The van der Waals surface area contributed by atoms with E-state index < -0.39 is 12.7 Å². The largest absolute Gasteiger partial charge is 0.406 e. The molecule has 0 unspecified atom stereocenters. The lowest BCUT2D eigenvalue weighted by molar-refractivity contribution is -0.140. The molecule has 0 aliphatic carbocycles. The van der Waals surface area contributed by atoms with Crippen LogP contribution in [0.1, 0.15) is 16.9 Å². The van der Waals surface area contributed by atoms with E-state index in [1.165, 1.54) is 17.0 Å². The van der Waals surface area contributed by atoms with Crippen molar-refractivity contribution in [3.05, 3.63) is 84.2 Å². The fourth-order valence-corrected chi connectivity index (χ4v) is 2.85. The number of hydrogen-bond donors (Lipinski definition) is 0. The van der Waals surface area contributed by atoms with Crippen molar-refractivity contribution in [2.45, 2.75) is 18.5 Å². The summed E-state index contributed by atoms with van der Waals surface area (Å²) in [5.74, 6) is -0.0400. The molecule has 24 heavy (non-hydrogen) atoms. The summed E-state index contributed by atoms with van der Waals surface area (Å²) in [4.78, 5) is 4.15. The molecule has 3 aromatic rings. The fraction of sp³-hybridized carbons (Fsp3) is 0.167. The standard InChI is InChI=1S/C18H16BF3N2/c20-18(21,22)13-24-12-11-23-17(24)19-16(14-7-3-1-4-8-14)15-9-5-2-6-10-15/h1-12,16,19H,13H2. The van der Waals surface area contributed by atoms with Gasteiger partial charge in [0.15, 0.2) is 0 Å². The molecule has 6 heteroatoms. The lowest BCUT2D eigenvalue weighted by atomic mass is 9.58. The van der Waals surface area contributed by atoms with Crippen LogP contribution in [0, 0.1) is 0 Å². The van der Waals surface area contributed by atoms with Crippen LogP contribution >= 0.6 is 0 Å². The number of hydrogen-bond acceptors (Lipinski definition) is 1. The third kappa shape index (κ3) is 4.07. The van der Waals surface area contributed by atoms with E-state index in [4.69, 9.17) is 0 Å². The second-order valence-corrected chi connectivity index (χ2v) is 5.66. The maximum absolute atomic E-state index is 12.7. The van der Waals surface area contributed by atoms with Crippen molar-refractivity contribution in [1.82, 2.24) is 9.55 Å². The highest BCUT2D eigenvalue weighted by molar-refractivity contribution is 6.54. The molecule has 122 valence electrons. The molecule has 0 fully saturated rings. The summed E-state index contributed by atoms with van der Waals surface area (Å²) in [7, 11) is 0.414. The Hall–Kier alpha value is -2.50. The zero-order valence-corrected chi connectivity index (χ0v) is 12.9. The topological polar surface area (TPSA) is 17.8 Å². The van der Waals surface area contributed by atoms with Gasteiger partial charge in [0.05, 0.1) is 5.72 Å². The molecular weight excluding hydrogens is 312 g/mol. The van der Waals surface area contributed by atoms with Crippen molar-refractivity contribution in [3.8, 4) is 0 Å². The molecular formula is C18H16BF3N2. The van der Waals surface area contributed by atoms with E-state index in [0.29, 0.717) is 13.0 Å². The molecule has 1 aromatic heterocycles. The van der Waals surface area contributed by atoms with E-state index in [-0.39, 0.29) is 5.82 Å². The van der Waals surface area contributed by atoms with Crippen molar-refractivity contribution in [2.75, 3.05) is 0 Å². The predicted molar refractivity (Wildman–Crippen MR) is 89.8 cm³/mol. The first-order valence-corrected chi connectivity index (χ1v) is 7.69. The highest BCUT2D eigenvalue weighted by Crippen LogP contribution is 2.23. The Kier molecular flexibility index (Phi) is 4.74. The van der Waals surface area contributed by atoms with Crippen molar-refractivity contribution in [3.63, 3.8) is 0 Å². The Morgan fingerprint density at radius 3 is 1.96 bits per heavy atom. The van der Waals surface area contributed by atoms with Crippen LogP contribution in [0.25, 0.3) is 0 Å². The molecule has 0 amide bonds. The first-order chi connectivity index (χ1) is 11.5. The SMILES string of the molecule is FC(F)(F)Cn1ccnc1BC(c1ccccc1)c1ccccc1. The lowest BCUT2D eigenvalue weighted by Gasteiger charge is -2.18. The van der Waals surface area contributed by atoms with Gasteiger partial charge in [-0.1, -0.05) is 60.7 Å². The van der Waals surface area contributed by atoms with E-state index in [1.54, 1.807) is 0 Å². The van der Waals surface area contributed by atoms with E-state index in [2.05, 4.69) is 4.98 Å². The highest BCUT2D eigenvalue weighted by Gasteiger charge is 2.29. The van der Waals surface area contributed by atoms with Crippen LogP contribution in [0.3, 0.4) is 0 Å². The molecule has 0 N–H and O–H groups in total. The van der Waals surface area contributed by atoms with Crippen LogP contribution < -0.4 is 5.72 Å².